The third-order valence-corrected chi connectivity index (χ3v) is 7.44. The Morgan fingerprint density at radius 2 is 2.08 bits per heavy atom. The number of hydrogen-bond donors (Lipinski definition) is 3. The molecule has 0 radical (unpaired) electrons. The van der Waals surface area contributed by atoms with E-state index in [0.717, 1.165) is 74.6 Å². The molecule has 3 N–H and O–H groups in total. The van der Waals surface area contributed by atoms with Crippen LogP contribution in [0.1, 0.15) is 65.2 Å². The van der Waals surface area contributed by atoms with Crippen molar-refractivity contribution in [3.8, 4) is 0 Å². The first-order valence-electron chi connectivity index (χ1n) is 11.9. The fraction of sp³-hybridized carbons (Fsp3) is 0.652. The van der Waals surface area contributed by atoms with Crippen molar-refractivity contribution >= 4 is 23.2 Å². The SMILES string of the molecule is CCc1nc(CN2CCOC3(CCCCC3NC(=O)c3scnc3C)C2)c(C)[nH]1.O=C(O)C(F)(F)F. The average molecular weight is 532 g/mol. The second kappa shape index (κ2) is 11.7. The van der Waals surface area contributed by atoms with Gasteiger partial charge in [-0.3, -0.25) is 9.69 Å². The summed E-state index contributed by atoms with van der Waals surface area (Å²) >= 11 is 1.40. The van der Waals surface area contributed by atoms with E-state index >= 15 is 0 Å². The molecule has 1 aliphatic carbocycles. The Bertz CT molecular complexity index is 1050. The molecule has 2 aliphatic rings. The second-order valence-electron chi connectivity index (χ2n) is 9.07. The van der Waals surface area contributed by atoms with Crippen molar-refractivity contribution in [2.24, 2.45) is 0 Å². The molecule has 1 spiro atoms. The van der Waals surface area contributed by atoms with E-state index in [-0.39, 0.29) is 17.6 Å². The lowest BCUT2D eigenvalue weighted by atomic mass is 9.78. The van der Waals surface area contributed by atoms with Crippen LogP contribution >= 0.6 is 11.3 Å². The maximum atomic E-state index is 12.8. The largest absolute Gasteiger partial charge is 0.490 e. The normalized spacial score (nSPS) is 22.7. The Balaban J connectivity index is 0.000000454. The number of carbonyl (C=O) groups is 2. The van der Waals surface area contributed by atoms with Crippen molar-refractivity contribution < 1.29 is 32.6 Å². The smallest absolute Gasteiger partial charge is 0.475 e. The van der Waals surface area contributed by atoms with Crippen molar-refractivity contribution in [1.29, 1.82) is 0 Å². The van der Waals surface area contributed by atoms with Crippen molar-refractivity contribution in [3.05, 3.63) is 33.3 Å². The molecule has 1 saturated heterocycles. The number of morpholine rings is 1. The second-order valence-corrected chi connectivity index (χ2v) is 9.93. The molecule has 3 heterocycles. The van der Waals surface area contributed by atoms with Gasteiger partial charge < -0.3 is 20.1 Å². The zero-order chi connectivity index (χ0) is 26.5. The minimum absolute atomic E-state index is 0.0206. The van der Waals surface area contributed by atoms with Crippen LogP contribution in [-0.4, -0.2) is 74.4 Å². The molecule has 0 aromatic carbocycles. The highest BCUT2D eigenvalue weighted by molar-refractivity contribution is 7.11. The third kappa shape index (κ3) is 6.83. The fourth-order valence-electron chi connectivity index (χ4n) is 4.63. The van der Waals surface area contributed by atoms with Crippen LogP contribution in [0.25, 0.3) is 0 Å². The first-order valence-corrected chi connectivity index (χ1v) is 12.7. The first kappa shape index (κ1) is 28.1. The summed E-state index contributed by atoms with van der Waals surface area (Å²) < 4.78 is 38.1. The fourth-order valence-corrected chi connectivity index (χ4v) is 5.34. The zero-order valence-electron chi connectivity index (χ0n) is 20.6. The number of ether oxygens (including phenoxy) is 1. The summed E-state index contributed by atoms with van der Waals surface area (Å²) in [6.07, 6.45) is 0.0327. The molecule has 36 heavy (non-hydrogen) atoms. The molecule has 4 rings (SSSR count). The van der Waals surface area contributed by atoms with Gasteiger partial charge in [-0.05, 0) is 26.7 Å². The summed E-state index contributed by atoms with van der Waals surface area (Å²) in [5, 5.41) is 10.4. The number of aromatic nitrogens is 3. The predicted octanol–water partition coefficient (Wildman–Crippen LogP) is 3.62. The quantitative estimate of drug-likeness (QED) is 0.539. The van der Waals surface area contributed by atoms with Crippen LogP contribution in [0.2, 0.25) is 0 Å². The van der Waals surface area contributed by atoms with Crippen LogP contribution in [-0.2, 0) is 22.5 Å². The van der Waals surface area contributed by atoms with Crippen LogP contribution < -0.4 is 5.32 Å². The van der Waals surface area contributed by atoms with Gasteiger partial charge in [-0.25, -0.2) is 14.8 Å². The Labute approximate surface area is 211 Å². The predicted molar refractivity (Wildman–Crippen MR) is 127 cm³/mol. The van der Waals surface area contributed by atoms with Gasteiger partial charge in [0.25, 0.3) is 5.91 Å². The van der Waals surface area contributed by atoms with Gasteiger partial charge in [0.1, 0.15) is 16.3 Å². The molecule has 2 aromatic heterocycles. The van der Waals surface area contributed by atoms with E-state index in [9.17, 15) is 18.0 Å². The van der Waals surface area contributed by atoms with E-state index in [2.05, 4.69) is 34.0 Å². The number of alkyl halides is 3. The number of nitrogens with zero attached hydrogens (tertiary/aromatic N) is 3. The van der Waals surface area contributed by atoms with Crippen LogP contribution in [0, 0.1) is 13.8 Å². The summed E-state index contributed by atoms with van der Waals surface area (Å²) in [5.74, 6) is -1.73. The highest BCUT2D eigenvalue weighted by Gasteiger charge is 2.46. The van der Waals surface area contributed by atoms with Crippen molar-refractivity contribution in [3.63, 3.8) is 0 Å². The van der Waals surface area contributed by atoms with Crippen molar-refractivity contribution in [1.82, 2.24) is 25.2 Å². The number of halogens is 3. The summed E-state index contributed by atoms with van der Waals surface area (Å²) in [5.41, 5.74) is 4.48. The Hall–Kier alpha value is -2.51. The topological polar surface area (TPSA) is 120 Å². The van der Waals surface area contributed by atoms with Crippen LogP contribution in [0.4, 0.5) is 13.2 Å². The number of amides is 1. The lowest BCUT2D eigenvalue weighted by Crippen LogP contribution is -2.63. The molecular weight excluding hydrogens is 499 g/mol. The summed E-state index contributed by atoms with van der Waals surface area (Å²) in [6.45, 7) is 9.33. The molecule has 2 atom stereocenters. The van der Waals surface area contributed by atoms with Crippen LogP contribution in [0.3, 0.4) is 0 Å². The van der Waals surface area contributed by atoms with Gasteiger partial charge in [0, 0.05) is 31.7 Å². The highest BCUT2D eigenvalue weighted by atomic mass is 32.1. The van der Waals surface area contributed by atoms with Crippen molar-refractivity contribution in [2.45, 2.75) is 77.2 Å². The molecular formula is C23H32F3N5O4S. The molecule has 200 valence electrons. The lowest BCUT2D eigenvalue weighted by Gasteiger charge is -2.49. The Morgan fingerprint density at radius 3 is 2.67 bits per heavy atom. The Morgan fingerprint density at radius 1 is 1.36 bits per heavy atom. The number of thiazole rings is 1. The van der Waals surface area contributed by atoms with E-state index in [1.54, 1.807) is 5.51 Å². The van der Waals surface area contributed by atoms with E-state index in [4.69, 9.17) is 19.6 Å². The number of aromatic amines is 1. The monoisotopic (exact) mass is 531 g/mol. The number of rotatable bonds is 5. The number of carbonyl (C=O) groups excluding carboxylic acids is 1. The van der Waals surface area contributed by atoms with Crippen LogP contribution in [0.15, 0.2) is 5.51 Å². The molecule has 1 saturated carbocycles. The van der Waals surface area contributed by atoms with E-state index in [0.29, 0.717) is 11.5 Å². The van der Waals surface area contributed by atoms with Gasteiger partial charge in [-0.15, -0.1) is 11.3 Å². The number of nitrogens with one attached hydrogen (secondary N) is 2. The molecule has 2 unspecified atom stereocenters. The van der Waals surface area contributed by atoms with Gasteiger partial charge in [0.15, 0.2) is 0 Å². The molecule has 13 heteroatoms. The number of hydrogen-bond acceptors (Lipinski definition) is 7. The van der Waals surface area contributed by atoms with Gasteiger partial charge in [0.05, 0.1) is 29.5 Å². The standard InChI is InChI=1S/C21H31N5O2S.C2HF3O2/c1-4-18-23-14(2)16(24-18)11-26-9-10-28-21(12-26)8-6-5-7-17(21)25-20(27)19-15(3)22-13-29-19;3-2(4,5)1(6)7/h13,17H,4-12H2,1-3H3,(H,23,24)(H,25,27);(H,6,7). The summed E-state index contributed by atoms with van der Waals surface area (Å²) in [7, 11) is 0. The van der Waals surface area contributed by atoms with Crippen molar-refractivity contribution in [2.75, 3.05) is 19.7 Å². The number of aliphatic carboxylic acids is 1. The van der Waals surface area contributed by atoms with Gasteiger partial charge in [0.2, 0.25) is 0 Å². The summed E-state index contributed by atoms with van der Waals surface area (Å²) in [4.78, 5) is 37.2. The van der Waals surface area contributed by atoms with Gasteiger partial charge in [-0.2, -0.15) is 13.2 Å². The van der Waals surface area contributed by atoms with Gasteiger partial charge >= 0.3 is 12.1 Å². The minimum atomic E-state index is -5.08. The minimum Gasteiger partial charge on any atom is -0.475 e. The average Bonchev–Trinajstić information content (AvgIpc) is 3.40. The Kier molecular flexibility index (Phi) is 9.12. The number of imidazole rings is 1. The molecule has 2 aromatic rings. The number of carboxylic acid groups (broad SMARTS) is 1. The number of carboxylic acids is 1. The summed E-state index contributed by atoms with van der Waals surface area (Å²) in [6, 6.07) is 0.0273. The number of aryl methyl sites for hydroxylation is 3. The van der Waals surface area contributed by atoms with Gasteiger partial charge in [-0.1, -0.05) is 19.8 Å². The maximum Gasteiger partial charge on any atom is 0.490 e. The molecule has 0 bridgehead atoms. The maximum absolute atomic E-state index is 12.8. The zero-order valence-corrected chi connectivity index (χ0v) is 21.4. The van der Waals surface area contributed by atoms with E-state index < -0.39 is 12.1 Å². The number of H-pyrrole nitrogens is 1. The van der Waals surface area contributed by atoms with E-state index in [1.807, 2.05) is 6.92 Å². The highest BCUT2D eigenvalue weighted by Crippen LogP contribution is 2.36. The van der Waals surface area contributed by atoms with Crippen LogP contribution in [0.5, 0.6) is 0 Å². The molecule has 9 nitrogen and oxygen atoms in total. The third-order valence-electron chi connectivity index (χ3n) is 6.51. The molecule has 1 amide bonds. The molecule has 1 aliphatic heterocycles. The lowest BCUT2D eigenvalue weighted by molar-refractivity contribution is -0.192. The van der Waals surface area contributed by atoms with E-state index in [1.165, 1.54) is 11.3 Å². The molecule has 2 fully saturated rings. The first-order chi connectivity index (χ1) is 16.9.